The van der Waals surface area contributed by atoms with Crippen LogP contribution in [0.4, 0.5) is 5.69 Å². The zero-order chi connectivity index (χ0) is 27.2. The van der Waals surface area contributed by atoms with Crippen molar-refractivity contribution in [2.24, 2.45) is 5.10 Å². The summed E-state index contributed by atoms with van der Waals surface area (Å²) in [4.78, 5) is 35.7. The number of hydrogen-bond acceptors (Lipinski definition) is 8. The number of hydrazone groups is 1. The Morgan fingerprint density at radius 2 is 1.79 bits per heavy atom. The van der Waals surface area contributed by atoms with Crippen molar-refractivity contribution in [1.82, 2.24) is 10.7 Å². The summed E-state index contributed by atoms with van der Waals surface area (Å²) in [5.74, 6) is 1.32. The summed E-state index contributed by atoms with van der Waals surface area (Å²) in [6.07, 6.45) is 2.61. The van der Waals surface area contributed by atoms with Crippen molar-refractivity contribution in [2.75, 3.05) is 20.8 Å². The van der Waals surface area contributed by atoms with Crippen LogP contribution in [-0.4, -0.2) is 43.2 Å². The molecule has 0 radical (unpaired) electrons. The van der Waals surface area contributed by atoms with Crippen LogP contribution in [0.15, 0.2) is 52.0 Å². The Morgan fingerprint density at radius 3 is 2.47 bits per heavy atom. The number of furan rings is 1. The van der Waals surface area contributed by atoms with Crippen molar-refractivity contribution in [3.63, 3.8) is 0 Å². The number of nitro benzene ring substituents is 1. The zero-order valence-electron chi connectivity index (χ0n) is 21.3. The van der Waals surface area contributed by atoms with Gasteiger partial charge in [0.1, 0.15) is 5.76 Å². The number of hydrogen-bond donors (Lipinski definition) is 2. The second-order valence-electron chi connectivity index (χ2n) is 8.71. The van der Waals surface area contributed by atoms with Crippen LogP contribution < -0.4 is 20.2 Å². The predicted octanol–water partition coefficient (Wildman–Crippen LogP) is 3.96. The lowest BCUT2D eigenvalue weighted by Crippen LogP contribution is -2.26. The fourth-order valence-electron chi connectivity index (χ4n) is 4.35. The first kappa shape index (κ1) is 26.4. The molecule has 2 amide bonds. The summed E-state index contributed by atoms with van der Waals surface area (Å²) in [5.41, 5.74) is 5.64. The van der Waals surface area contributed by atoms with Crippen molar-refractivity contribution in [3.05, 3.63) is 86.4 Å². The first-order valence-electron chi connectivity index (χ1n) is 12.1. The lowest BCUT2D eigenvalue weighted by molar-refractivity contribution is -0.384. The second-order valence-corrected chi connectivity index (χ2v) is 8.71. The largest absolute Gasteiger partial charge is 0.493 e. The third kappa shape index (κ3) is 5.66. The molecule has 0 atom stereocenters. The van der Waals surface area contributed by atoms with E-state index in [0.29, 0.717) is 54.3 Å². The molecule has 0 saturated heterocycles. The maximum absolute atomic E-state index is 12.9. The number of methoxy groups -OCH3 is 2. The van der Waals surface area contributed by atoms with E-state index in [1.807, 2.05) is 18.2 Å². The van der Waals surface area contributed by atoms with Gasteiger partial charge in [0.15, 0.2) is 17.3 Å². The summed E-state index contributed by atoms with van der Waals surface area (Å²) < 4.78 is 16.5. The van der Waals surface area contributed by atoms with Crippen molar-refractivity contribution >= 4 is 23.2 Å². The number of nitrogens with zero attached hydrogens (tertiary/aromatic N) is 2. The van der Waals surface area contributed by atoms with Gasteiger partial charge in [0, 0.05) is 41.8 Å². The van der Waals surface area contributed by atoms with Crippen molar-refractivity contribution in [1.29, 1.82) is 0 Å². The highest BCUT2D eigenvalue weighted by Crippen LogP contribution is 2.30. The molecule has 1 heterocycles. The number of carbonyl (C=O) groups excluding carboxylic acids is 2. The van der Waals surface area contributed by atoms with Gasteiger partial charge < -0.3 is 19.2 Å². The highest BCUT2D eigenvalue weighted by Gasteiger charge is 2.28. The molecule has 0 spiro atoms. The van der Waals surface area contributed by atoms with E-state index in [2.05, 4.69) is 15.8 Å². The number of carbonyl (C=O) groups is 2. The maximum atomic E-state index is 12.9. The molecule has 11 nitrogen and oxygen atoms in total. The van der Waals surface area contributed by atoms with Gasteiger partial charge in [-0.15, -0.1) is 0 Å². The standard InChI is InChI=1S/C27H28N4O7/c1-16-24-20(29-30-26(32)18-8-10-19(11-9-18)31(34)35)5-4-6-22(24)38-25(16)27(33)28-14-13-17-7-12-21(36-2)23(15-17)37-3/h7-12,15H,4-6,13-14H2,1-3H3,(H,28,33)(H,30,32)/b29-20+. The summed E-state index contributed by atoms with van der Waals surface area (Å²) in [6.45, 7) is 2.19. The van der Waals surface area contributed by atoms with Gasteiger partial charge in [-0.2, -0.15) is 5.10 Å². The van der Waals surface area contributed by atoms with Gasteiger partial charge in [-0.3, -0.25) is 19.7 Å². The van der Waals surface area contributed by atoms with E-state index in [4.69, 9.17) is 13.9 Å². The predicted molar refractivity (Wildman–Crippen MR) is 139 cm³/mol. The van der Waals surface area contributed by atoms with Crippen LogP contribution in [0.3, 0.4) is 0 Å². The molecule has 0 saturated carbocycles. The smallest absolute Gasteiger partial charge is 0.287 e. The summed E-state index contributed by atoms with van der Waals surface area (Å²) in [6, 6.07) is 10.9. The van der Waals surface area contributed by atoms with E-state index in [0.717, 1.165) is 17.5 Å². The van der Waals surface area contributed by atoms with Gasteiger partial charge in [-0.1, -0.05) is 6.07 Å². The molecule has 0 bridgehead atoms. The third-order valence-corrected chi connectivity index (χ3v) is 6.31. The SMILES string of the molecule is COc1ccc(CCNC(=O)c2oc3c(c2C)/C(=N/NC(=O)c2ccc([N+](=O)[O-])cc2)CCC3)cc1OC. The van der Waals surface area contributed by atoms with Crippen LogP contribution >= 0.6 is 0 Å². The first-order valence-corrected chi connectivity index (χ1v) is 12.1. The monoisotopic (exact) mass is 520 g/mol. The Labute approximate surface area is 219 Å². The lowest BCUT2D eigenvalue weighted by atomic mass is 9.93. The van der Waals surface area contributed by atoms with E-state index in [1.54, 1.807) is 21.1 Å². The molecule has 3 aromatic rings. The second kappa shape index (κ2) is 11.6. The van der Waals surface area contributed by atoms with E-state index in [9.17, 15) is 19.7 Å². The van der Waals surface area contributed by atoms with Gasteiger partial charge in [0.25, 0.3) is 17.5 Å². The minimum absolute atomic E-state index is 0.103. The fourth-order valence-corrected chi connectivity index (χ4v) is 4.35. The number of fused-ring (bicyclic) bond motifs is 1. The van der Waals surface area contributed by atoms with Crippen LogP contribution in [0.2, 0.25) is 0 Å². The van der Waals surface area contributed by atoms with Crippen LogP contribution in [0.5, 0.6) is 11.5 Å². The molecule has 2 N–H and O–H groups in total. The van der Waals surface area contributed by atoms with Crippen molar-refractivity contribution < 1.29 is 28.4 Å². The molecule has 198 valence electrons. The molecule has 1 aliphatic carbocycles. The Kier molecular flexibility index (Phi) is 8.05. The summed E-state index contributed by atoms with van der Waals surface area (Å²) in [7, 11) is 3.15. The highest BCUT2D eigenvalue weighted by atomic mass is 16.6. The number of aryl methyl sites for hydroxylation is 1. The number of nitrogens with one attached hydrogen (secondary N) is 2. The Balaban J connectivity index is 1.42. The molecule has 0 unspecified atom stereocenters. The van der Waals surface area contributed by atoms with Gasteiger partial charge >= 0.3 is 0 Å². The fraction of sp³-hybridized carbons (Fsp3) is 0.296. The number of nitro groups is 1. The molecule has 38 heavy (non-hydrogen) atoms. The van der Waals surface area contributed by atoms with E-state index in [-0.39, 0.29) is 22.9 Å². The number of ether oxygens (including phenoxy) is 2. The average molecular weight is 521 g/mol. The van der Waals surface area contributed by atoms with Gasteiger partial charge in [-0.05, 0) is 56.0 Å². The minimum Gasteiger partial charge on any atom is -0.493 e. The molecule has 11 heteroatoms. The Bertz CT molecular complexity index is 1390. The van der Waals surface area contributed by atoms with Crippen LogP contribution in [0.1, 0.15) is 56.2 Å². The number of non-ortho nitro benzene ring substituents is 1. The van der Waals surface area contributed by atoms with E-state index >= 15 is 0 Å². The molecule has 2 aromatic carbocycles. The first-order chi connectivity index (χ1) is 18.3. The van der Waals surface area contributed by atoms with Gasteiger partial charge in [0.2, 0.25) is 0 Å². The summed E-state index contributed by atoms with van der Waals surface area (Å²) in [5, 5.41) is 18.0. The van der Waals surface area contributed by atoms with Crippen molar-refractivity contribution in [2.45, 2.75) is 32.6 Å². The summed E-state index contributed by atoms with van der Waals surface area (Å²) >= 11 is 0. The Hall–Kier alpha value is -4.67. The molecule has 0 aliphatic heterocycles. The lowest BCUT2D eigenvalue weighted by Gasteiger charge is -2.13. The van der Waals surface area contributed by atoms with Gasteiger partial charge in [-0.25, -0.2) is 5.43 Å². The third-order valence-electron chi connectivity index (χ3n) is 6.31. The minimum atomic E-state index is -0.531. The quantitative estimate of drug-likeness (QED) is 0.321. The topological polar surface area (TPSA) is 145 Å². The van der Waals surface area contributed by atoms with E-state index in [1.165, 1.54) is 24.3 Å². The van der Waals surface area contributed by atoms with Crippen molar-refractivity contribution in [3.8, 4) is 11.5 Å². The Morgan fingerprint density at radius 1 is 1.05 bits per heavy atom. The number of benzene rings is 2. The molecule has 1 aliphatic rings. The molecular formula is C27H28N4O7. The number of amides is 2. The highest BCUT2D eigenvalue weighted by molar-refractivity contribution is 6.07. The molecule has 0 fully saturated rings. The van der Waals surface area contributed by atoms with Gasteiger partial charge in [0.05, 0.1) is 24.9 Å². The maximum Gasteiger partial charge on any atom is 0.287 e. The zero-order valence-corrected chi connectivity index (χ0v) is 21.3. The van der Waals surface area contributed by atoms with Crippen LogP contribution in [-0.2, 0) is 12.8 Å². The molecule has 4 rings (SSSR count). The average Bonchev–Trinajstić information content (AvgIpc) is 3.28. The van der Waals surface area contributed by atoms with Crippen LogP contribution in [0.25, 0.3) is 0 Å². The normalized spacial score (nSPS) is 13.5. The molecular weight excluding hydrogens is 492 g/mol. The number of rotatable bonds is 9. The van der Waals surface area contributed by atoms with E-state index < -0.39 is 10.8 Å². The molecule has 1 aromatic heterocycles. The van der Waals surface area contributed by atoms with Crippen LogP contribution in [0, 0.1) is 17.0 Å².